The summed E-state index contributed by atoms with van der Waals surface area (Å²) in [5.74, 6) is -0.417. The zero-order valence-electron chi connectivity index (χ0n) is 15.7. The molecule has 1 saturated heterocycles. The molecule has 0 atom stereocenters. The molecule has 1 aliphatic rings. The van der Waals surface area contributed by atoms with Gasteiger partial charge in [-0.25, -0.2) is 9.78 Å². The number of fused-ring (bicyclic) bond motifs is 1. The van der Waals surface area contributed by atoms with E-state index >= 15 is 0 Å². The van der Waals surface area contributed by atoms with Gasteiger partial charge in [-0.2, -0.15) is 0 Å². The summed E-state index contributed by atoms with van der Waals surface area (Å²) in [6.45, 7) is 1.29. The summed E-state index contributed by atoms with van der Waals surface area (Å²) >= 11 is 6.04. The minimum absolute atomic E-state index is 0.371. The van der Waals surface area contributed by atoms with Gasteiger partial charge in [0.25, 0.3) is 5.91 Å². The largest absolute Gasteiger partial charge is 0.452 e. The van der Waals surface area contributed by atoms with Gasteiger partial charge in [0.15, 0.2) is 6.61 Å². The number of para-hydroxylation sites is 2. The van der Waals surface area contributed by atoms with E-state index < -0.39 is 18.5 Å². The average Bonchev–Trinajstić information content (AvgIpc) is 3.27. The first-order valence-electron chi connectivity index (χ1n) is 9.48. The van der Waals surface area contributed by atoms with Gasteiger partial charge in [0.2, 0.25) is 0 Å². The molecule has 7 heteroatoms. The van der Waals surface area contributed by atoms with Crippen molar-refractivity contribution in [1.29, 1.82) is 0 Å². The van der Waals surface area contributed by atoms with Crippen molar-refractivity contribution >= 4 is 45.9 Å². The van der Waals surface area contributed by atoms with Crippen LogP contribution in [0.5, 0.6) is 0 Å². The maximum absolute atomic E-state index is 12.8. The topological polar surface area (TPSA) is 71.5 Å². The molecular formula is C22H20ClN3O3. The van der Waals surface area contributed by atoms with Crippen molar-refractivity contribution < 1.29 is 14.3 Å². The second kappa shape index (κ2) is 8.49. The molecule has 0 aliphatic carbocycles. The van der Waals surface area contributed by atoms with E-state index in [0.717, 1.165) is 36.8 Å². The highest BCUT2D eigenvalue weighted by Crippen LogP contribution is 2.27. The van der Waals surface area contributed by atoms with E-state index in [4.69, 9.17) is 21.3 Å². The maximum Gasteiger partial charge on any atom is 0.342 e. The number of anilines is 2. The van der Waals surface area contributed by atoms with Gasteiger partial charge in [-0.3, -0.25) is 4.79 Å². The lowest BCUT2D eigenvalue weighted by atomic mass is 10.1. The van der Waals surface area contributed by atoms with Crippen LogP contribution >= 0.6 is 11.6 Å². The van der Waals surface area contributed by atoms with Crippen LogP contribution in [0.1, 0.15) is 23.2 Å². The number of hydrogen-bond donors (Lipinski definition) is 1. The monoisotopic (exact) mass is 409 g/mol. The highest BCUT2D eigenvalue weighted by molar-refractivity contribution is 6.33. The first kappa shape index (κ1) is 19.2. The Balaban J connectivity index is 1.52. The third kappa shape index (κ3) is 4.32. The molecule has 0 radical (unpaired) electrons. The molecule has 2 aromatic carbocycles. The number of aromatic nitrogens is 1. The van der Waals surface area contributed by atoms with Crippen LogP contribution in [-0.2, 0) is 9.53 Å². The number of nitrogens with zero attached hydrogens (tertiary/aromatic N) is 2. The molecule has 1 aromatic heterocycles. The number of benzene rings is 2. The van der Waals surface area contributed by atoms with Crippen LogP contribution in [-0.4, -0.2) is 36.6 Å². The minimum Gasteiger partial charge on any atom is -0.452 e. The molecule has 0 unspecified atom stereocenters. The number of hydrogen-bond acceptors (Lipinski definition) is 5. The molecule has 1 fully saturated rings. The van der Waals surface area contributed by atoms with E-state index in [-0.39, 0.29) is 0 Å². The molecule has 29 heavy (non-hydrogen) atoms. The van der Waals surface area contributed by atoms with Gasteiger partial charge in [-0.15, -0.1) is 0 Å². The Morgan fingerprint density at radius 3 is 2.59 bits per heavy atom. The Bertz CT molecular complexity index is 1060. The Kier molecular flexibility index (Phi) is 5.62. The summed E-state index contributed by atoms with van der Waals surface area (Å²) in [6, 6.07) is 16.3. The Hall–Kier alpha value is -3.12. The van der Waals surface area contributed by atoms with E-state index in [2.05, 4.69) is 10.2 Å². The van der Waals surface area contributed by atoms with Crippen molar-refractivity contribution in [2.24, 2.45) is 0 Å². The molecular weight excluding hydrogens is 390 g/mol. The molecule has 0 bridgehead atoms. The smallest absolute Gasteiger partial charge is 0.342 e. The predicted molar refractivity (Wildman–Crippen MR) is 114 cm³/mol. The fraction of sp³-hybridized carbons (Fsp3) is 0.227. The lowest BCUT2D eigenvalue weighted by Gasteiger charge is -2.20. The van der Waals surface area contributed by atoms with Crippen molar-refractivity contribution in [2.75, 3.05) is 29.9 Å². The van der Waals surface area contributed by atoms with Crippen LogP contribution in [0.15, 0.2) is 54.6 Å². The van der Waals surface area contributed by atoms with E-state index in [9.17, 15) is 9.59 Å². The van der Waals surface area contributed by atoms with Crippen LogP contribution < -0.4 is 10.2 Å². The molecule has 6 nitrogen and oxygen atoms in total. The van der Waals surface area contributed by atoms with Gasteiger partial charge in [0.1, 0.15) is 11.4 Å². The first-order valence-corrected chi connectivity index (χ1v) is 9.86. The number of carbonyl (C=O) groups excluding carboxylic acids is 2. The number of esters is 1. The number of pyridine rings is 1. The number of carbonyl (C=O) groups is 2. The summed E-state index contributed by atoms with van der Waals surface area (Å²) in [5.41, 5.74) is 1.67. The number of nitrogens with one attached hydrogen (secondary N) is 1. The Labute approximate surface area is 173 Å². The summed E-state index contributed by atoms with van der Waals surface area (Å²) in [4.78, 5) is 31.8. The van der Waals surface area contributed by atoms with E-state index in [1.54, 1.807) is 30.3 Å². The summed E-state index contributed by atoms with van der Waals surface area (Å²) in [5, 5.41) is 3.91. The van der Waals surface area contributed by atoms with Crippen LogP contribution in [0.2, 0.25) is 5.02 Å². The second-order valence-electron chi connectivity index (χ2n) is 6.85. The number of ether oxygens (including phenoxy) is 1. The average molecular weight is 410 g/mol. The third-order valence-corrected chi connectivity index (χ3v) is 5.14. The second-order valence-corrected chi connectivity index (χ2v) is 7.26. The van der Waals surface area contributed by atoms with Crippen LogP contribution in [0.25, 0.3) is 10.9 Å². The summed E-state index contributed by atoms with van der Waals surface area (Å²) in [6.07, 6.45) is 2.12. The van der Waals surface area contributed by atoms with E-state index in [1.165, 1.54) is 0 Å². The fourth-order valence-corrected chi connectivity index (χ4v) is 3.57. The van der Waals surface area contributed by atoms with Gasteiger partial charge in [0, 0.05) is 18.5 Å². The molecule has 1 amide bonds. The van der Waals surface area contributed by atoms with Gasteiger partial charge in [-0.05, 0) is 37.1 Å². The van der Waals surface area contributed by atoms with Crippen molar-refractivity contribution in [3.8, 4) is 0 Å². The first-order chi connectivity index (χ1) is 14.1. The van der Waals surface area contributed by atoms with Crippen molar-refractivity contribution in [1.82, 2.24) is 4.98 Å². The van der Waals surface area contributed by atoms with Gasteiger partial charge in [-0.1, -0.05) is 41.9 Å². The number of amides is 1. The quantitative estimate of drug-likeness (QED) is 0.636. The maximum atomic E-state index is 12.8. The van der Waals surface area contributed by atoms with Crippen molar-refractivity contribution in [3.63, 3.8) is 0 Å². The SMILES string of the molecule is O=C(COC(=O)c1cc2ccccc2nc1N1CCCC1)Nc1ccccc1Cl. The molecule has 0 spiro atoms. The highest BCUT2D eigenvalue weighted by atomic mass is 35.5. The lowest BCUT2D eigenvalue weighted by molar-refractivity contribution is -0.119. The molecule has 2 heterocycles. The molecule has 4 rings (SSSR count). The standard InChI is InChI=1S/C22H20ClN3O3/c23-17-8-2-4-10-19(17)24-20(27)14-29-22(28)16-13-15-7-1-3-9-18(15)25-21(16)26-11-5-6-12-26/h1-4,7-10,13H,5-6,11-12,14H2,(H,24,27). The van der Waals surface area contributed by atoms with Crippen molar-refractivity contribution in [2.45, 2.75) is 12.8 Å². The number of halogens is 1. The Morgan fingerprint density at radius 1 is 1.07 bits per heavy atom. The van der Waals surface area contributed by atoms with Gasteiger partial charge < -0.3 is 15.0 Å². The van der Waals surface area contributed by atoms with E-state index in [1.807, 2.05) is 24.3 Å². The van der Waals surface area contributed by atoms with Crippen LogP contribution in [0.4, 0.5) is 11.5 Å². The summed E-state index contributed by atoms with van der Waals surface area (Å²) < 4.78 is 5.29. The third-order valence-electron chi connectivity index (χ3n) is 4.81. The summed E-state index contributed by atoms with van der Waals surface area (Å²) in [7, 11) is 0. The van der Waals surface area contributed by atoms with Gasteiger partial charge in [0.05, 0.1) is 16.2 Å². The predicted octanol–water partition coefficient (Wildman–Crippen LogP) is 4.28. The normalized spacial score (nSPS) is 13.5. The molecule has 148 valence electrons. The molecule has 1 N–H and O–H groups in total. The highest BCUT2D eigenvalue weighted by Gasteiger charge is 2.23. The lowest BCUT2D eigenvalue weighted by Crippen LogP contribution is -2.25. The zero-order valence-corrected chi connectivity index (χ0v) is 16.5. The van der Waals surface area contributed by atoms with Crippen LogP contribution in [0.3, 0.4) is 0 Å². The Morgan fingerprint density at radius 2 is 1.79 bits per heavy atom. The molecule has 0 saturated carbocycles. The van der Waals surface area contributed by atoms with E-state index in [0.29, 0.717) is 22.1 Å². The number of rotatable bonds is 5. The van der Waals surface area contributed by atoms with Crippen molar-refractivity contribution in [3.05, 3.63) is 65.2 Å². The fourth-order valence-electron chi connectivity index (χ4n) is 3.38. The molecule has 1 aliphatic heterocycles. The molecule has 3 aromatic rings. The zero-order chi connectivity index (χ0) is 20.2. The minimum atomic E-state index is -0.570. The van der Waals surface area contributed by atoms with Crippen LogP contribution in [0, 0.1) is 0 Å². The van der Waals surface area contributed by atoms with Gasteiger partial charge >= 0.3 is 5.97 Å².